The molecule has 0 heterocycles. The number of hydrogen-bond donors (Lipinski definition) is 1. The lowest BCUT2D eigenvalue weighted by Crippen LogP contribution is -1.98. The van der Waals surface area contributed by atoms with E-state index in [-0.39, 0.29) is 6.42 Å². The standard InChI is InChI=1S/C18H34O3/c1-16(2)12-8-7-10-14-17(19)13-9-5-3-4-6-11-15-18(20)21/h16H,3-15H2,1-2H3,(H,20,21). The van der Waals surface area contributed by atoms with Gasteiger partial charge in [-0.25, -0.2) is 0 Å². The third kappa shape index (κ3) is 17.1. The van der Waals surface area contributed by atoms with E-state index in [2.05, 4.69) is 13.8 Å². The van der Waals surface area contributed by atoms with Gasteiger partial charge in [-0.2, -0.15) is 0 Å². The van der Waals surface area contributed by atoms with Gasteiger partial charge in [0, 0.05) is 19.3 Å². The van der Waals surface area contributed by atoms with E-state index < -0.39 is 5.97 Å². The second kappa shape index (κ2) is 14.1. The van der Waals surface area contributed by atoms with Gasteiger partial charge in [0.25, 0.3) is 0 Å². The van der Waals surface area contributed by atoms with Gasteiger partial charge in [-0.1, -0.05) is 58.8 Å². The molecule has 0 atom stereocenters. The zero-order valence-corrected chi connectivity index (χ0v) is 14.0. The summed E-state index contributed by atoms with van der Waals surface area (Å²) in [5, 5.41) is 8.51. The number of carboxylic acid groups (broad SMARTS) is 1. The summed E-state index contributed by atoms with van der Waals surface area (Å²) < 4.78 is 0. The van der Waals surface area contributed by atoms with Crippen LogP contribution in [0.3, 0.4) is 0 Å². The molecule has 0 aliphatic rings. The molecule has 3 nitrogen and oxygen atoms in total. The van der Waals surface area contributed by atoms with Crippen LogP contribution in [0, 0.1) is 5.92 Å². The Kier molecular flexibility index (Phi) is 13.5. The average molecular weight is 298 g/mol. The molecule has 0 bridgehead atoms. The molecule has 0 amide bonds. The van der Waals surface area contributed by atoms with Crippen molar-refractivity contribution in [1.82, 2.24) is 0 Å². The molecule has 0 aromatic heterocycles. The van der Waals surface area contributed by atoms with Crippen molar-refractivity contribution >= 4 is 11.8 Å². The van der Waals surface area contributed by atoms with Crippen LogP contribution in [0.2, 0.25) is 0 Å². The summed E-state index contributed by atoms with van der Waals surface area (Å²) in [7, 11) is 0. The van der Waals surface area contributed by atoms with E-state index in [1.807, 2.05) is 0 Å². The van der Waals surface area contributed by atoms with Crippen LogP contribution in [-0.2, 0) is 9.59 Å². The molecule has 0 unspecified atom stereocenters. The quantitative estimate of drug-likeness (QED) is 0.414. The summed E-state index contributed by atoms with van der Waals surface area (Å²) in [6.07, 6.45) is 12.7. The van der Waals surface area contributed by atoms with Crippen molar-refractivity contribution in [3.05, 3.63) is 0 Å². The second-order valence-corrected chi connectivity index (χ2v) is 6.55. The predicted octanol–water partition coefficient (Wildman–Crippen LogP) is 5.37. The Morgan fingerprint density at radius 2 is 1.14 bits per heavy atom. The first kappa shape index (κ1) is 20.1. The molecule has 0 aliphatic carbocycles. The first-order valence-electron chi connectivity index (χ1n) is 8.76. The molecule has 0 aliphatic heterocycles. The Morgan fingerprint density at radius 3 is 1.62 bits per heavy atom. The number of ketones is 1. The maximum absolute atomic E-state index is 11.7. The zero-order chi connectivity index (χ0) is 15.9. The molecular formula is C18H34O3. The summed E-state index contributed by atoms with van der Waals surface area (Å²) >= 11 is 0. The molecule has 124 valence electrons. The van der Waals surface area contributed by atoms with Gasteiger partial charge in [-0.05, 0) is 25.2 Å². The Bertz CT molecular complexity index is 272. The van der Waals surface area contributed by atoms with E-state index in [4.69, 9.17) is 5.11 Å². The number of carbonyl (C=O) groups excluding carboxylic acids is 1. The molecule has 0 aromatic carbocycles. The lowest BCUT2D eigenvalue weighted by molar-refractivity contribution is -0.137. The van der Waals surface area contributed by atoms with E-state index in [0.717, 1.165) is 63.7 Å². The summed E-state index contributed by atoms with van der Waals surface area (Å²) in [5.74, 6) is 0.496. The highest BCUT2D eigenvalue weighted by Crippen LogP contribution is 2.12. The predicted molar refractivity (Wildman–Crippen MR) is 87.5 cm³/mol. The number of unbranched alkanes of at least 4 members (excludes halogenated alkanes) is 7. The van der Waals surface area contributed by atoms with Gasteiger partial charge in [0.15, 0.2) is 0 Å². The smallest absolute Gasteiger partial charge is 0.303 e. The van der Waals surface area contributed by atoms with Crippen molar-refractivity contribution < 1.29 is 14.7 Å². The van der Waals surface area contributed by atoms with Crippen LogP contribution in [0.5, 0.6) is 0 Å². The van der Waals surface area contributed by atoms with Gasteiger partial charge >= 0.3 is 5.97 Å². The van der Waals surface area contributed by atoms with Crippen LogP contribution in [0.1, 0.15) is 97.3 Å². The van der Waals surface area contributed by atoms with E-state index in [0.29, 0.717) is 5.78 Å². The molecule has 0 saturated carbocycles. The zero-order valence-electron chi connectivity index (χ0n) is 14.0. The third-order valence-electron chi connectivity index (χ3n) is 3.83. The monoisotopic (exact) mass is 298 g/mol. The number of rotatable bonds is 15. The topological polar surface area (TPSA) is 54.4 Å². The molecule has 0 spiro atoms. The van der Waals surface area contributed by atoms with Gasteiger partial charge in [0.2, 0.25) is 0 Å². The Balaban J connectivity index is 3.21. The number of Topliss-reactive ketones (excluding diaryl/α,β-unsaturated/α-hetero) is 1. The summed E-state index contributed by atoms with van der Waals surface area (Å²) in [4.78, 5) is 22.0. The van der Waals surface area contributed by atoms with Gasteiger partial charge in [0.1, 0.15) is 5.78 Å². The van der Waals surface area contributed by atoms with Crippen LogP contribution in [0.15, 0.2) is 0 Å². The maximum atomic E-state index is 11.7. The summed E-state index contributed by atoms with van der Waals surface area (Å²) in [5.41, 5.74) is 0. The normalized spacial score (nSPS) is 11.0. The Morgan fingerprint density at radius 1 is 0.714 bits per heavy atom. The van der Waals surface area contributed by atoms with E-state index >= 15 is 0 Å². The molecule has 1 N–H and O–H groups in total. The van der Waals surface area contributed by atoms with Crippen LogP contribution >= 0.6 is 0 Å². The number of hydrogen-bond acceptors (Lipinski definition) is 2. The van der Waals surface area contributed by atoms with Crippen LogP contribution < -0.4 is 0 Å². The van der Waals surface area contributed by atoms with E-state index in [9.17, 15) is 9.59 Å². The maximum Gasteiger partial charge on any atom is 0.303 e. The van der Waals surface area contributed by atoms with Gasteiger partial charge in [-0.3, -0.25) is 9.59 Å². The molecule has 3 heteroatoms. The largest absolute Gasteiger partial charge is 0.481 e. The Labute approximate surface area is 130 Å². The summed E-state index contributed by atoms with van der Waals surface area (Å²) in [6, 6.07) is 0. The first-order chi connectivity index (χ1) is 10.0. The van der Waals surface area contributed by atoms with E-state index in [1.165, 1.54) is 19.3 Å². The molecule has 0 rings (SSSR count). The molecule has 0 aromatic rings. The first-order valence-corrected chi connectivity index (χ1v) is 8.76. The highest BCUT2D eigenvalue weighted by Gasteiger charge is 2.02. The number of carbonyl (C=O) groups is 2. The third-order valence-corrected chi connectivity index (χ3v) is 3.83. The fourth-order valence-corrected chi connectivity index (χ4v) is 2.48. The van der Waals surface area contributed by atoms with Crippen molar-refractivity contribution in [1.29, 1.82) is 0 Å². The molecule has 0 radical (unpaired) electrons. The van der Waals surface area contributed by atoms with Crippen LogP contribution in [0.25, 0.3) is 0 Å². The fourth-order valence-electron chi connectivity index (χ4n) is 2.48. The molecule has 0 fully saturated rings. The molecular weight excluding hydrogens is 264 g/mol. The molecule has 0 saturated heterocycles. The van der Waals surface area contributed by atoms with Gasteiger partial charge in [-0.15, -0.1) is 0 Å². The van der Waals surface area contributed by atoms with Crippen LogP contribution in [-0.4, -0.2) is 16.9 Å². The SMILES string of the molecule is CC(C)CCCCCC(=O)CCCCCCCCC(=O)O. The second-order valence-electron chi connectivity index (χ2n) is 6.55. The van der Waals surface area contributed by atoms with Crippen molar-refractivity contribution in [2.75, 3.05) is 0 Å². The lowest BCUT2D eigenvalue weighted by Gasteiger charge is -2.04. The van der Waals surface area contributed by atoms with Crippen molar-refractivity contribution in [3.8, 4) is 0 Å². The Hall–Kier alpha value is -0.860. The molecule has 21 heavy (non-hydrogen) atoms. The van der Waals surface area contributed by atoms with Gasteiger partial charge < -0.3 is 5.11 Å². The minimum absolute atomic E-state index is 0.287. The number of carboxylic acids is 1. The minimum atomic E-state index is -0.700. The van der Waals surface area contributed by atoms with E-state index in [1.54, 1.807) is 0 Å². The number of aliphatic carboxylic acids is 1. The van der Waals surface area contributed by atoms with Crippen molar-refractivity contribution in [2.45, 2.75) is 97.3 Å². The van der Waals surface area contributed by atoms with Crippen molar-refractivity contribution in [2.24, 2.45) is 5.92 Å². The minimum Gasteiger partial charge on any atom is -0.481 e. The van der Waals surface area contributed by atoms with Crippen LogP contribution in [0.4, 0.5) is 0 Å². The fraction of sp³-hybridized carbons (Fsp3) is 0.889. The van der Waals surface area contributed by atoms with Gasteiger partial charge in [0.05, 0.1) is 0 Å². The lowest BCUT2D eigenvalue weighted by atomic mass is 10.0. The highest BCUT2D eigenvalue weighted by molar-refractivity contribution is 5.78. The van der Waals surface area contributed by atoms with Crippen molar-refractivity contribution in [3.63, 3.8) is 0 Å². The summed E-state index contributed by atoms with van der Waals surface area (Å²) in [6.45, 7) is 4.49. The average Bonchev–Trinajstić information content (AvgIpc) is 2.40. The highest BCUT2D eigenvalue weighted by atomic mass is 16.4.